The monoisotopic (exact) mass is 259 g/mol. The molecule has 0 aromatic heterocycles. The third kappa shape index (κ3) is 4.17. The van der Waals surface area contributed by atoms with Crippen LogP contribution >= 0.6 is 34.2 Å². The van der Waals surface area contributed by atoms with Crippen molar-refractivity contribution in [3.63, 3.8) is 0 Å². The van der Waals surface area contributed by atoms with Crippen LogP contribution in [0.25, 0.3) is 0 Å². The first-order valence-corrected chi connectivity index (χ1v) is 4.45. The van der Waals surface area contributed by atoms with Gasteiger partial charge in [-0.15, -0.1) is 0 Å². The molecule has 54 valence electrons. The van der Waals surface area contributed by atoms with E-state index < -0.39 is 0 Å². The molecule has 0 saturated heterocycles. The van der Waals surface area contributed by atoms with Gasteiger partial charge in [0.05, 0.1) is 3.92 Å². The highest BCUT2D eigenvalue weighted by Crippen LogP contribution is 2.15. The number of halogens is 2. The number of allylic oxidation sites excluding steroid dienone is 1. The standard InChI is InChI=1S/C6H11ClIN/c1-3-5(7)6(8)4-9-2/h3,6,9H,4H2,1-2H3. The Labute approximate surface area is 75.0 Å². The van der Waals surface area contributed by atoms with Crippen LogP contribution in [-0.2, 0) is 0 Å². The Kier molecular flexibility index (Phi) is 5.94. The van der Waals surface area contributed by atoms with Crippen molar-refractivity contribution >= 4 is 34.2 Å². The van der Waals surface area contributed by atoms with E-state index in [1.807, 2.05) is 20.0 Å². The van der Waals surface area contributed by atoms with Crippen molar-refractivity contribution in [3.05, 3.63) is 11.1 Å². The van der Waals surface area contributed by atoms with E-state index in [0.717, 1.165) is 11.6 Å². The predicted molar refractivity (Wildman–Crippen MR) is 51.3 cm³/mol. The van der Waals surface area contributed by atoms with E-state index in [1.54, 1.807) is 0 Å². The van der Waals surface area contributed by atoms with Crippen molar-refractivity contribution in [2.24, 2.45) is 0 Å². The van der Waals surface area contributed by atoms with Crippen molar-refractivity contribution < 1.29 is 0 Å². The Hall–Kier alpha value is 0.720. The highest BCUT2D eigenvalue weighted by molar-refractivity contribution is 14.1. The van der Waals surface area contributed by atoms with E-state index in [2.05, 4.69) is 27.9 Å². The van der Waals surface area contributed by atoms with Gasteiger partial charge in [-0.2, -0.15) is 0 Å². The van der Waals surface area contributed by atoms with E-state index in [9.17, 15) is 0 Å². The Morgan fingerprint density at radius 2 is 2.44 bits per heavy atom. The fourth-order valence-corrected chi connectivity index (χ4v) is 1.33. The molecular weight excluding hydrogens is 248 g/mol. The Balaban J connectivity index is 3.59. The van der Waals surface area contributed by atoms with Crippen molar-refractivity contribution in [2.45, 2.75) is 10.8 Å². The normalized spacial score (nSPS) is 15.8. The van der Waals surface area contributed by atoms with Crippen LogP contribution < -0.4 is 5.32 Å². The summed E-state index contributed by atoms with van der Waals surface area (Å²) in [6, 6.07) is 0. The third-order valence-electron chi connectivity index (χ3n) is 0.958. The zero-order valence-corrected chi connectivity index (χ0v) is 8.53. The van der Waals surface area contributed by atoms with Gasteiger partial charge in [-0.05, 0) is 14.0 Å². The molecule has 9 heavy (non-hydrogen) atoms. The number of rotatable bonds is 3. The zero-order valence-electron chi connectivity index (χ0n) is 5.62. The summed E-state index contributed by atoms with van der Waals surface area (Å²) in [6.07, 6.45) is 1.93. The van der Waals surface area contributed by atoms with Crippen LogP contribution in [0.3, 0.4) is 0 Å². The van der Waals surface area contributed by atoms with Crippen LogP contribution in [0.2, 0.25) is 0 Å². The Morgan fingerprint density at radius 3 is 2.78 bits per heavy atom. The molecule has 1 unspecified atom stereocenters. The first-order chi connectivity index (χ1) is 4.22. The molecule has 0 radical (unpaired) electrons. The van der Waals surface area contributed by atoms with Crippen LogP contribution in [0.5, 0.6) is 0 Å². The number of hydrogen-bond donors (Lipinski definition) is 1. The lowest BCUT2D eigenvalue weighted by atomic mass is 10.4. The summed E-state index contributed by atoms with van der Waals surface area (Å²) in [5, 5.41) is 3.97. The third-order valence-corrected chi connectivity index (χ3v) is 2.92. The summed E-state index contributed by atoms with van der Waals surface area (Å²) in [7, 11) is 1.92. The topological polar surface area (TPSA) is 12.0 Å². The average Bonchev–Trinajstić information content (AvgIpc) is 1.87. The van der Waals surface area contributed by atoms with Crippen LogP contribution in [0.4, 0.5) is 0 Å². The van der Waals surface area contributed by atoms with Gasteiger partial charge in [0.25, 0.3) is 0 Å². The molecule has 0 aliphatic heterocycles. The molecule has 0 spiro atoms. The van der Waals surface area contributed by atoms with Gasteiger partial charge >= 0.3 is 0 Å². The summed E-state index contributed by atoms with van der Waals surface area (Å²) in [6.45, 7) is 2.88. The average molecular weight is 260 g/mol. The molecular formula is C6H11ClIN. The maximum absolute atomic E-state index is 5.81. The van der Waals surface area contributed by atoms with Gasteiger partial charge in [0.15, 0.2) is 0 Å². The number of nitrogens with one attached hydrogen (secondary N) is 1. The van der Waals surface area contributed by atoms with Crippen molar-refractivity contribution in [2.75, 3.05) is 13.6 Å². The highest BCUT2D eigenvalue weighted by Gasteiger charge is 2.03. The molecule has 0 fully saturated rings. The molecule has 0 aliphatic rings. The van der Waals surface area contributed by atoms with Crippen LogP contribution in [-0.4, -0.2) is 17.5 Å². The van der Waals surface area contributed by atoms with Gasteiger partial charge in [0.2, 0.25) is 0 Å². The second-order valence-electron chi connectivity index (χ2n) is 1.70. The summed E-state index contributed by atoms with van der Waals surface area (Å²) in [4.78, 5) is 0. The zero-order chi connectivity index (χ0) is 7.28. The van der Waals surface area contributed by atoms with E-state index in [-0.39, 0.29) is 0 Å². The fraction of sp³-hybridized carbons (Fsp3) is 0.667. The van der Waals surface area contributed by atoms with E-state index in [1.165, 1.54) is 0 Å². The maximum Gasteiger partial charge on any atom is 0.0588 e. The first kappa shape index (κ1) is 9.72. The Bertz CT molecular complexity index is 103. The molecule has 0 saturated carbocycles. The van der Waals surface area contributed by atoms with Gasteiger partial charge in [-0.25, -0.2) is 0 Å². The second kappa shape index (κ2) is 5.50. The highest BCUT2D eigenvalue weighted by atomic mass is 127. The predicted octanol–water partition coefficient (Wildman–Crippen LogP) is 2.15. The lowest BCUT2D eigenvalue weighted by Gasteiger charge is -2.05. The van der Waals surface area contributed by atoms with Gasteiger partial charge in [-0.3, -0.25) is 0 Å². The largest absolute Gasteiger partial charge is 0.318 e. The van der Waals surface area contributed by atoms with Gasteiger partial charge < -0.3 is 5.32 Å². The molecule has 0 rings (SSSR count). The molecule has 0 aliphatic carbocycles. The van der Waals surface area contributed by atoms with E-state index >= 15 is 0 Å². The molecule has 1 atom stereocenters. The lowest BCUT2D eigenvalue weighted by Crippen LogP contribution is -2.18. The summed E-state index contributed by atoms with van der Waals surface area (Å²) >= 11 is 8.11. The minimum Gasteiger partial charge on any atom is -0.318 e. The minimum atomic E-state index is 0.416. The fourth-order valence-electron chi connectivity index (χ4n) is 0.458. The molecule has 1 nitrogen and oxygen atoms in total. The molecule has 0 aromatic carbocycles. The van der Waals surface area contributed by atoms with Crippen LogP contribution in [0.15, 0.2) is 11.1 Å². The number of alkyl halides is 1. The maximum atomic E-state index is 5.81. The lowest BCUT2D eigenvalue weighted by molar-refractivity contribution is 0.826. The van der Waals surface area contributed by atoms with Crippen molar-refractivity contribution in [1.82, 2.24) is 5.32 Å². The summed E-state index contributed by atoms with van der Waals surface area (Å²) in [5.74, 6) is 0. The van der Waals surface area contributed by atoms with Gasteiger partial charge in [0, 0.05) is 11.6 Å². The minimum absolute atomic E-state index is 0.416. The number of hydrogen-bond acceptors (Lipinski definition) is 1. The molecule has 0 aromatic rings. The van der Waals surface area contributed by atoms with Crippen molar-refractivity contribution in [3.8, 4) is 0 Å². The van der Waals surface area contributed by atoms with Crippen LogP contribution in [0, 0.1) is 0 Å². The molecule has 0 amide bonds. The molecule has 3 heteroatoms. The first-order valence-electron chi connectivity index (χ1n) is 2.82. The quantitative estimate of drug-likeness (QED) is 0.605. The molecule has 0 bridgehead atoms. The SMILES string of the molecule is CC=C(Cl)C(I)CNC. The smallest absolute Gasteiger partial charge is 0.0588 e. The van der Waals surface area contributed by atoms with Crippen LogP contribution in [0.1, 0.15) is 6.92 Å². The molecule has 1 N–H and O–H groups in total. The second-order valence-corrected chi connectivity index (χ2v) is 3.64. The van der Waals surface area contributed by atoms with Gasteiger partial charge in [0.1, 0.15) is 0 Å². The van der Waals surface area contributed by atoms with E-state index in [4.69, 9.17) is 11.6 Å². The molecule has 0 heterocycles. The van der Waals surface area contributed by atoms with E-state index in [0.29, 0.717) is 3.92 Å². The van der Waals surface area contributed by atoms with Gasteiger partial charge in [-0.1, -0.05) is 40.3 Å². The van der Waals surface area contributed by atoms with Crippen molar-refractivity contribution in [1.29, 1.82) is 0 Å². The summed E-state index contributed by atoms with van der Waals surface area (Å²) < 4.78 is 0.416. The Morgan fingerprint density at radius 1 is 1.89 bits per heavy atom. The summed E-state index contributed by atoms with van der Waals surface area (Å²) in [5.41, 5.74) is 0.